The third-order valence-electron chi connectivity index (χ3n) is 2.85. The smallest absolute Gasteiger partial charge is 0.238 e. The van der Waals surface area contributed by atoms with E-state index in [-0.39, 0.29) is 12.3 Å². The molecular weight excluding hydrogens is 367 g/mol. The topological polar surface area (TPSA) is 64.3 Å². The van der Waals surface area contributed by atoms with Crippen molar-refractivity contribution < 1.29 is 9.53 Å². The van der Waals surface area contributed by atoms with Crippen molar-refractivity contribution in [2.45, 2.75) is 13.0 Å². The van der Waals surface area contributed by atoms with Gasteiger partial charge in [0.15, 0.2) is 0 Å². The highest BCUT2D eigenvalue weighted by Gasteiger charge is 2.08. The average Bonchev–Trinajstić information content (AvgIpc) is 2.47. The van der Waals surface area contributed by atoms with Crippen LogP contribution in [0.15, 0.2) is 48.5 Å². The Morgan fingerprint density at radius 1 is 1.10 bits per heavy atom. The van der Waals surface area contributed by atoms with Crippen molar-refractivity contribution in [2.75, 3.05) is 0 Å². The Kier molecular flexibility index (Phi) is 5.37. The Morgan fingerprint density at radius 2 is 1.75 bits per heavy atom. The maximum atomic E-state index is 11.4. The normalized spacial score (nSPS) is 10.1. The summed E-state index contributed by atoms with van der Waals surface area (Å²) in [6.45, 7) is 0.425. The first-order chi connectivity index (χ1) is 9.70. The second-order valence-corrected chi connectivity index (χ2v) is 5.39. The van der Waals surface area contributed by atoms with Gasteiger partial charge in [-0.2, -0.15) is 0 Å². The third kappa shape index (κ3) is 3.94. The lowest BCUT2D eigenvalue weighted by atomic mass is 10.1. The van der Waals surface area contributed by atoms with Gasteiger partial charge in [-0.1, -0.05) is 36.4 Å². The van der Waals surface area contributed by atoms with Crippen LogP contribution in [0.25, 0.3) is 0 Å². The molecule has 20 heavy (non-hydrogen) atoms. The molecule has 0 aliphatic heterocycles. The molecule has 0 bridgehead atoms. The van der Waals surface area contributed by atoms with Crippen molar-refractivity contribution >= 4 is 28.5 Å². The van der Waals surface area contributed by atoms with Crippen LogP contribution < -0.4 is 16.0 Å². The van der Waals surface area contributed by atoms with Crippen LogP contribution in [0.5, 0.6) is 5.75 Å². The SMILES string of the molecule is NNC(=O)Cc1ccccc1COc1ccccc1I. The molecule has 0 unspecified atom stereocenters. The molecule has 0 radical (unpaired) electrons. The summed E-state index contributed by atoms with van der Waals surface area (Å²) < 4.78 is 6.87. The Labute approximate surface area is 131 Å². The fraction of sp³-hybridized carbons (Fsp3) is 0.133. The molecule has 0 atom stereocenters. The maximum Gasteiger partial charge on any atom is 0.238 e. The summed E-state index contributed by atoms with van der Waals surface area (Å²) >= 11 is 2.23. The predicted octanol–water partition coefficient (Wildman–Crippen LogP) is 2.40. The minimum atomic E-state index is -0.216. The van der Waals surface area contributed by atoms with Gasteiger partial charge in [-0.3, -0.25) is 10.2 Å². The molecule has 0 saturated carbocycles. The monoisotopic (exact) mass is 382 g/mol. The van der Waals surface area contributed by atoms with E-state index in [2.05, 4.69) is 28.0 Å². The van der Waals surface area contributed by atoms with Gasteiger partial charge in [-0.15, -0.1) is 0 Å². The van der Waals surface area contributed by atoms with E-state index in [1.54, 1.807) is 0 Å². The molecule has 4 nitrogen and oxygen atoms in total. The van der Waals surface area contributed by atoms with E-state index >= 15 is 0 Å². The third-order valence-corrected chi connectivity index (χ3v) is 3.74. The van der Waals surface area contributed by atoms with Crippen LogP contribution >= 0.6 is 22.6 Å². The largest absolute Gasteiger partial charge is 0.488 e. The van der Waals surface area contributed by atoms with Crippen molar-refractivity contribution in [2.24, 2.45) is 5.84 Å². The maximum absolute atomic E-state index is 11.4. The first-order valence-electron chi connectivity index (χ1n) is 6.14. The van der Waals surface area contributed by atoms with Crippen LogP contribution in [0.2, 0.25) is 0 Å². The summed E-state index contributed by atoms with van der Waals surface area (Å²) in [5, 5.41) is 0. The summed E-state index contributed by atoms with van der Waals surface area (Å²) in [6, 6.07) is 15.5. The van der Waals surface area contributed by atoms with Crippen LogP contribution in [0.1, 0.15) is 11.1 Å². The minimum absolute atomic E-state index is 0.216. The molecular formula is C15H15IN2O2. The molecule has 3 N–H and O–H groups in total. The Hall–Kier alpha value is -1.60. The number of para-hydroxylation sites is 1. The zero-order valence-corrected chi connectivity index (χ0v) is 13.0. The number of nitrogens with one attached hydrogen (secondary N) is 1. The summed E-state index contributed by atoms with van der Waals surface area (Å²) in [5.41, 5.74) is 4.04. The second-order valence-electron chi connectivity index (χ2n) is 4.23. The number of rotatable bonds is 5. The lowest BCUT2D eigenvalue weighted by molar-refractivity contribution is -0.120. The number of ether oxygens (including phenoxy) is 1. The first kappa shape index (κ1) is 14.8. The van der Waals surface area contributed by atoms with Gasteiger partial charge in [0.2, 0.25) is 5.91 Å². The van der Waals surface area contributed by atoms with Crippen LogP contribution in [0, 0.1) is 3.57 Å². The van der Waals surface area contributed by atoms with Crippen molar-refractivity contribution in [3.8, 4) is 5.75 Å². The molecule has 0 fully saturated rings. The standard InChI is InChI=1S/C15H15IN2O2/c16-13-7-3-4-8-14(13)20-10-12-6-2-1-5-11(12)9-15(19)18-17/h1-8H,9-10,17H2,(H,18,19). The van der Waals surface area contributed by atoms with Crippen molar-refractivity contribution in [1.29, 1.82) is 0 Å². The summed E-state index contributed by atoms with van der Waals surface area (Å²) in [4.78, 5) is 11.4. The zero-order chi connectivity index (χ0) is 14.4. The highest BCUT2D eigenvalue weighted by atomic mass is 127. The van der Waals surface area contributed by atoms with Gasteiger partial charge in [0.1, 0.15) is 12.4 Å². The van der Waals surface area contributed by atoms with Crippen LogP contribution in [0.4, 0.5) is 0 Å². The number of hydrogen-bond donors (Lipinski definition) is 2. The van der Waals surface area contributed by atoms with Gasteiger partial charge in [-0.05, 0) is 45.9 Å². The average molecular weight is 382 g/mol. The van der Waals surface area contributed by atoms with E-state index in [1.807, 2.05) is 48.5 Å². The van der Waals surface area contributed by atoms with Gasteiger partial charge in [0.05, 0.1) is 9.99 Å². The number of halogens is 1. The van der Waals surface area contributed by atoms with Crippen molar-refractivity contribution in [3.63, 3.8) is 0 Å². The molecule has 2 aromatic rings. The first-order valence-corrected chi connectivity index (χ1v) is 7.22. The lowest BCUT2D eigenvalue weighted by Crippen LogP contribution is -2.31. The van der Waals surface area contributed by atoms with Crippen LogP contribution in [0.3, 0.4) is 0 Å². The molecule has 0 aliphatic rings. The van der Waals surface area contributed by atoms with E-state index < -0.39 is 0 Å². The fourth-order valence-corrected chi connectivity index (χ4v) is 2.36. The van der Waals surface area contributed by atoms with E-state index in [4.69, 9.17) is 10.6 Å². The number of hydrazine groups is 1. The van der Waals surface area contributed by atoms with Crippen molar-refractivity contribution in [1.82, 2.24) is 5.43 Å². The molecule has 2 rings (SSSR count). The van der Waals surface area contributed by atoms with Gasteiger partial charge in [0, 0.05) is 0 Å². The molecule has 0 aliphatic carbocycles. The molecule has 0 heterocycles. The van der Waals surface area contributed by atoms with Crippen LogP contribution in [-0.2, 0) is 17.8 Å². The highest BCUT2D eigenvalue weighted by molar-refractivity contribution is 14.1. The number of amides is 1. The van der Waals surface area contributed by atoms with Gasteiger partial charge in [-0.25, -0.2) is 5.84 Å². The molecule has 5 heteroatoms. The second kappa shape index (κ2) is 7.25. The zero-order valence-electron chi connectivity index (χ0n) is 10.8. The van der Waals surface area contributed by atoms with E-state index in [9.17, 15) is 4.79 Å². The van der Waals surface area contributed by atoms with Gasteiger partial charge >= 0.3 is 0 Å². The van der Waals surface area contributed by atoms with E-state index in [0.29, 0.717) is 6.61 Å². The Balaban J connectivity index is 2.10. The molecule has 0 aromatic heterocycles. The molecule has 1 amide bonds. The number of nitrogens with two attached hydrogens (primary N) is 1. The number of hydrogen-bond acceptors (Lipinski definition) is 3. The molecule has 2 aromatic carbocycles. The lowest BCUT2D eigenvalue weighted by Gasteiger charge is -2.11. The predicted molar refractivity (Wildman–Crippen MR) is 86.0 cm³/mol. The summed E-state index contributed by atoms with van der Waals surface area (Å²) in [5.74, 6) is 5.75. The Bertz CT molecular complexity index is 602. The quantitative estimate of drug-likeness (QED) is 0.361. The van der Waals surface area contributed by atoms with E-state index in [0.717, 1.165) is 20.4 Å². The molecule has 0 spiro atoms. The van der Waals surface area contributed by atoms with Crippen LogP contribution in [-0.4, -0.2) is 5.91 Å². The molecule has 0 saturated heterocycles. The number of carbonyl (C=O) groups is 1. The summed E-state index contributed by atoms with van der Waals surface area (Å²) in [7, 11) is 0. The highest BCUT2D eigenvalue weighted by Crippen LogP contribution is 2.21. The number of benzene rings is 2. The van der Waals surface area contributed by atoms with Crippen molar-refractivity contribution in [3.05, 3.63) is 63.2 Å². The van der Waals surface area contributed by atoms with Gasteiger partial charge < -0.3 is 4.74 Å². The summed E-state index contributed by atoms with van der Waals surface area (Å²) in [6.07, 6.45) is 0.252. The molecule has 104 valence electrons. The minimum Gasteiger partial charge on any atom is -0.488 e. The Morgan fingerprint density at radius 3 is 2.45 bits per heavy atom. The van der Waals surface area contributed by atoms with E-state index in [1.165, 1.54) is 0 Å². The number of carbonyl (C=O) groups excluding carboxylic acids is 1. The van der Waals surface area contributed by atoms with Gasteiger partial charge in [0.25, 0.3) is 0 Å². The fourth-order valence-electron chi connectivity index (χ4n) is 1.81.